The van der Waals surface area contributed by atoms with Gasteiger partial charge in [-0.25, -0.2) is 15.0 Å². The Labute approximate surface area is 167 Å². The number of hydrogen-bond donors (Lipinski definition) is 1. The van der Waals surface area contributed by atoms with Crippen molar-refractivity contribution in [2.45, 2.75) is 25.7 Å². The molecule has 0 saturated carbocycles. The Balaban J connectivity index is 1.85. The molecule has 0 amide bonds. The SMILES string of the molecule is COc1ccc(-c2cccnc2Cl)c(C2CC(=O)c3c(C)nc(N)nc3C2)c1. The molecule has 0 saturated heterocycles. The quantitative estimate of drug-likeness (QED) is 0.675. The Morgan fingerprint density at radius 2 is 2.00 bits per heavy atom. The average molecular weight is 395 g/mol. The molecular weight excluding hydrogens is 376 g/mol. The molecule has 28 heavy (non-hydrogen) atoms. The van der Waals surface area contributed by atoms with Crippen molar-refractivity contribution in [1.82, 2.24) is 15.0 Å². The van der Waals surface area contributed by atoms with Crippen LogP contribution in [0, 0.1) is 6.92 Å². The Kier molecular flexibility index (Phi) is 4.73. The first-order valence-electron chi connectivity index (χ1n) is 8.93. The minimum atomic E-state index is -0.0740. The number of methoxy groups -OCH3 is 1. The normalized spacial score (nSPS) is 16.0. The molecule has 1 aliphatic carbocycles. The van der Waals surface area contributed by atoms with Gasteiger partial charge in [0.15, 0.2) is 5.78 Å². The van der Waals surface area contributed by atoms with Crippen LogP contribution >= 0.6 is 11.6 Å². The molecule has 3 aromatic rings. The zero-order chi connectivity index (χ0) is 19.8. The van der Waals surface area contributed by atoms with Gasteiger partial charge in [0, 0.05) is 18.2 Å². The zero-order valence-electron chi connectivity index (χ0n) is 15.6. The number of aryl methyl sites for hydroxylation is 1. The third-order valence-electron chi connectivity index (χ3n) is 5.08. The van der Waals surface area contributed by atoms with Gasteiger partial charge in [-0.3, -0.25) is 4.79 Å². The van der Waals surface area contributed by atoms with Crippen molar-refractivity contribution in [2.24, 2.45) is 0 Å². The molecule has 1 unspecified atom stereocenters. The van der Waals surface area contributed by atoms with E-state index in [4.69, 9.17) is 22.1 Å². The van der Waals surface area contributed by atoms with Crippen molar-refractivity contribution in [3.63, 3.8) is 0 Å². The summed E-state index contributed by atoms with van der Waals surface area (Å²) < 4.78 is 5.42. The highest BCUT2D eigenvalue weighted by Crippen LogP contribution is 2.40. The highest BCUT2D eigenvalue weighted by atomic mass is 35.5. The lowest BCUT2D eigenvalue weighted by molar-refractivity contribution is 0.0962. The lowest BCUT2D eigenvalue weighted by atomic mass is 9.78. The van der Waals surface area contributed by atoms with Crippen LogP contribution < -0.4 is 10.5 Å². The third-order valence-corrected chi connectivity index (χ3v) is 5.38. The van der Waals surface area contributed by atoms with Gasteiger partial charge in [0.25, 0.3) is 0 Å². The van der Waals surface area contributed by atoms with Gasteiger partial charge in [0.1, 0.15) is 10.9 Å². The summed E-state index contributed by atoms with van der Waals surface area (Å²) in [5, 5.41) is 0.416. The van der Waals surface area contributed by atoms with Crippen LogP contribution in [0.1, 0.15) is 39.6 Å². The fourth-order valence-corrected chi connectivity index (χ4v) is 4.08. The second-order valence-corrected chi connectivity index (χ2v) is 7.17. The Morgan fingerprint density at radius 1 is 1.18 bits per heavy atom. The van der Waals surface area contributed by atoms with E-state index in [0.29, 0.717) is 34.9 Å². The molecule has 2 aromatic heterocycles. The highest BCUT2D eigenvalue weighted by Gasteiger charge is 2.31. The van der Waals surface area contributed by atoms with Crippen LogP contribution in [0.2, 0.25) is 5.15 Å². The van der Waals surface area contributed by atoms with E-state index < -0.39 is 0 Å². The monoisotopic (exact) mass is 394 g/mol. The van der Waals surface area contributed by atoms with E-state index >= 15 is 0 Å². The number of nitrogens with zero attached hydrogens (tertiary/aromatic N) is 3. The average Bonchev–Trinajstić information content (AvgIpc) is 2.67. The molecule has 7 heteroatoms. The number of nitrogen functional groups attached to an aromatic ring is 1. The van der Waals surface area contributed by atoms with Crippen LogP contribution in [-0.2, 0) is 6.42 Å². The lowest BCUT2D eigenvalue weighted by Crippen LogP contribution is -2.23. The van der Waals surface area contributed by atoms with Crippen LogP contribution in [0.15, 0.2) is 36.5 Å². The number of hydrogen-bond acceptors (Lipinski definition) is 6. The van der Waals surface area contributed by atoms with E-state index in [-0.39, 0.29) is 17.6 Å². The van der Waals surface area contributed by atoms with Gasteiger partial charge in [-0.15, -0.1) is 0 Å². The number of ketones is 1. The lowest BCUT2D eigenvalue weighted by Gasteiger charge is -2.26. The second kappa shape index (κ2) is 7.20. The van der Waals surface area contributed by atoms with Gasteiger partial charge in [-0.05, 0) is 54.7 Å². The number of benzene rings is 1. The molecule has 0 radical (unpaired) electrons. The number of carbonyl (C=O) groups excluding carboxylic acids is 1. The van der Waals surface area contributed by atoms with Gasteiger partial charge >= 0.3 is 0 Å². The van der Waals surface area contributed by atoms with E-state index in [0.717, 1.165) is 22.4 Å². The van der Waals surface area contributed by atoms with E-state index in [1.807, 2.05) is 30.3 Å². The highest BCUT2D eigenvalue weighted by molar-refractivity contribution is 6.32. The molecule has 0 aliphatic heterocycles. The predicted octanol–water partition coefficient (Wildman–Crippen LogP) is 4.00. The zero-order valence-corrected chi connectivity index (χ0v) is 16.3. The summed E-state index contributed by atoms with van der Waals surface area (Å²) in [6.45, 7) is 1.79. The van der Waals surface area contributed by atoms with Gasteiger partial charge < -0.3 is 10.5 Å². The van der Waals surface area contributed by atoms with Crippen LogP contribution in [0.5, 0.6) is 5.75 Å². The molecule has 0 spiro atoms. The number of aromatic nitrogens is 3. The molecule has 2 N–H and O–H groups in total. The molecular formula is C21H19ClN4O2. The number of pyridine rings is 1. The number of Topliss-reactive ketones (excluding diaryl/α,β-unsaturated/α-hetero) is 1. The maximum absolute atomic E-state index is 12.9. The fraction of sp³-hybridized carbons (Fsp3) is 0.238. The van der Waals surface area contributed by atoms with Crippen LogP contribution in [-0.4, -0.2) is 27.8 Å². The summed E-state index contributed by atoms with van der Waals surface area (Å²) >= 11 is 6.35. The van der Waals surface area contributed by atoms with Crippen LogP contribution in [0.4, 0.5) is 5.95 Å². The standard InChI is InChI=1S/C21H19ClN4O2/c1-11-19-17(26-21(23)25-11)8-12(9-18(19)27)16-10-13(28-2)5-6-14(16)15-4-3-7-24-20(15)22/h3-7,10,12H,8-9H2,1-2H3,(H2,23,25,26). The molecule has 2 heterocycles. The van der Waals surface area contributed by atoms with E-state index in [1.165, 1.54) is 0 Å². The van der Waals surface area contributed by atoms with Gasteiger partial charge in [-0.1, -0.05) is 17.7 Å². The fourth-order valence-electron chi connectivity index (χ4n) is 3.86. The van der Waals surface area contributed by atoms with Crippen LogP contribution in [0.25, 0.3) is 11.1 Å². The molecule has 1 aliphatic rings. The van der Waals surface area contributed by atoms with Crippen LogP contribution in [0.3, 0.4) is 0 Å². The topological polar surface area (TPSA) is 91.0 Å². The van der Waals surface area contributed by atoms with Crippen molar-refractivity contribution in [3.8, 4) is 16.9 Å². The number of anilines is 1. The summed E-state index contributed by atoms with van der Waals surface area (Å²) in [7, 11) is 1.62. The van der Waals surface area contributed by atoms with Crippen molar-refractivity contribution >= 4 is 23.3 Å². The first-order valence-corrected chi connectivity index (χ1v) is 9.30. The minimum absolute atomic E-state index is 0.0230. The van der Waals surface area contributed by atoms with Crippen molar-refractivity contribution in [3.05, 3.63) is 64.2 Å². The maximum Gasteiger partial charge on any atom is 0.220 e. The van der Waals surface area contributed by atoms with Gasteiger partial charge in [-0.2, -0.15) is 0 Å². The number of ether oxygens (including phenoxy) is 1. The first-order chi connectivity index (χ1) is 13.5. The molecule has 4 rings (SSSR count). The number of rotatable bonds is 3. The Bertz CT molecular complexity index is 1080. The van der Waals surface area contributed by atoms with E-state index in [2.05, 4.69) is 15.0 Å². The van der Waals surface area contributed by atoms with Gasteiger partial charge in [0.05, 0.1) is 24.1 Å². The summed E-state index contributed by atoms with van der Waals surface area (Å²) in [4.78, 5) is 25.5. The maximum atomic E-state index is 12.9. The molecule has 0 bridgehead atoms. The molecule has 142 valence electrons. The Morgan fingerprint density at radius 3 is 2.75 bits per heavy atom. The summed E-state index contributed by atoms with van der Waals surface area (Å²) in [6.07, 6.45) is 2.60. The molecule has 0 fully saturated rings. The Hall–Kier alpha value is -2.99. The van der Waals surface area contributed by atoms with Gasteiger partial charge in [0.2, 0.25) is 5.95 Å². The van der Waals surface area contributed by atoms with Crippen molar-refractivity contribution < 1.29 is 9.53 Å². The predicted molar refractivity (Wildman–Crippen MR) is 108 cm³/mol. The molecule has 6 nitrogen and oxygen atoms in total. The van der Waals surface area contributed by atoms with Crippen molar-refractivity contribution in [2.75, 3.05) is 12.8 Å². The molecule has 1 atom stereocenters. The third kappa shape index (κ3) is 3.20. The minimum Gasteiger partial charge on any atom is -0.497 e. The second-order valence-electron chi connectivity index (χ2n) is 6.81. The number of fused-ring (bicyclic) bond motifs is 1. The van der Waals surface area contributed by atoms with E-state index in [1.54, 1.807) is 20.2 Å². The summed E-state index contributed by atoms with van der Waals surface area (Å²) in [5.41, 5.74) is 10.5. The van der Waals surface area contributed by atoms with Crippen molar-refractivity contribution in [1.29, 1.82) is 0 Å². The number of nitrogens with two attached hydrogens (primary N) is 1. The van der Waals surface area contributed by atoms with E-state index in [9.17, 15) is 4.79 Å². The largest absolute Gasteiger partial charge is 0.497 e. The smallest absolute Gasteiger partial charge is 0.220 e. The number of halogens is 1. The number of carbonyl (C=O) groups is 1. The summed E-state index contributed by atoms with van der Waals surface area (Å²) in [6, 6.07) is 9.55. The summed E-state index contributed by atoms with van der Waals surface area (Å²) in [5.74, 6) is 0.853. The molecule has 1 aromatic carbocycles. The first kappa shape index (κ1) is 18.4.